The number of allylic oxidation sites excluding steroid dienone is 1. The lowest BCUT2D eigenvalue weighted by Gasteiger charge is -2.49. The first kappa shape index (κ1) is 39.3. The zero-order valence-corrected chi connectivity index (χ0v) is 32.0. The molecule has 0 radical (unpaired) electrons. The normalized spacial score (nSPS) is 34.5. The van der Waals surface area contributed by atoms with Gasteiger partial charge in [0.05, 0.1) is 31.5 Å². The fourth-order valence-corrected chi connectivity index (χ4v) is 9.44. The van der Waals surface area contributed by atoms with Crippen molar-refractivity contribution in [3.8, 4) is 0 Å². The largest absolute Gasteiger partial charge is 0.458 e. The molecule has 6 fully saturated rings. The van der Waals surface area contributed by atoms with E-state index in [0.29, 0.717) is 31.0 Å². The molecule has 4 saturated heterocycles. The molecule has 0 aromatic heterocycles. The SMILES string of the molecule is CCCCCC1(CCCCC)O[C@@H]2[C@H](O1)[C@H]1ON(Cc3ccc(C=CC4CCC5OC5C4)cc3)[C@@H]3C(=O)O[C@@H]2C[C@]13C(=O)N[C@@H](C(=O)NCCO)[C@H](C)O. The maximum atomic E-state index is 14.8. The van der Waals surface area contributed by atoms with Crippen molar-refractivity contribution in [1.29, 1.82) is 0 Å². The molecular weight excluding hydrogens is 694 g/mol. The Balaban J connectivity index is 1.17. The van der Waals surface area contributed by atoms with Gasteiger partial charge in [-0.1, -0.05) is 75.9 Å². The average molecular weight is 754 g/mol. The molecule has 3 unspecified atom stereocenters. The van der Waals surface area contributed by atoms with Crippen molar-refractivity contribution in [3.63, 3.8) is 0 Å². The molecule has 11 atom stereocenters. The maximum Gasteiger partial charge on any atom is 0.327 e. The third-order valence-electron chi connectivity index (χ3n) is 12.4. The number of carbonyl (C=O) groups excluding carboxylic acids is 3. The van der Waals surface area contributed by atoms with Crippen LogP contribution in [0.25, 0.3) is 6.08 Å². The highest BCUT2D eigenvalue weighted by molar-refractivity contribution is 5.96. The van der Waals surface area contributed by atoms with Crippen molar-refractivity contribution in [2.75, 3.05) is 13.2 Å². The number of unbranched alkanes of at least 4 members (excludes halogenated alkanes) is 4. The van der Waals surface area contributed by atoms with Gasteiger partial charge >= 0.3 is 5.97 Å². The minimum atomic E-state index is -1.51. The molecule has 4 heterocycles. The number of benzene rings is 1. The van der Waals surface area contributed by atoms with Gasteiger partial charge in [0.1, 0.15) is 35.9 Å². The lowest BCUT2D eigenvalue weighted by atomic mass is 9.62. The Labute approximate surface area is 318 Å². The van der Waals surface area contributed by atoms with Gasteiger partial charge in [-0.15, -0.1) is 0 Å². The Morgan fingerprint density at radius 1 is 1.00 bits per heavy atom. The number of esters is 1. The standard InChI is InChI=1S/C41H59N3O10/c1-4-6-8-18-40(19-9-7-5-2)52-33-31-23-41(39(49)43-32(25(3)46)37(47)42-20-21-45)35(38(48)51-31)44(54-36(41)34(33)53-40)24-28-14-11-26(12-15-28)10-13-27-16-17-29-30(22-27)50-29/h10-15,25,27,29-36,45-46H,4-9,16-24H2,1-3H3,(H,42,47)(H,43,49)/t25-,27?,29?,30?,31+,32+,33-,34-,35+,36+,41+/m0/s1. The molecule has 2 saturated carbocycles. The van der Waals surface area contributed by atoms with Crippen LogP contribution in [0.5, 0.6) is 0 Å². The predicted octanol–water partition coefficient (Wildman–Crippen LogP) is 3.68. The van der Waals surface area contributed by atoms with Crippen molar-refractivity contribution in [2.45, 2.75) is 165 Å². The van der Waals surface area contributed by atoms with Gasteiger partial charge in [-0.05, 0) is 56.1 Å². The summed E-state index contributed by atoms with van der Waals surface area (Å²) in [4.78, 5) is 48.8. The van der Waals surface area contributed by atoms with Crippen LogP contribution in [-0.2, 0) is 44.7 Å². The van der Waals surface area contributed by atoms with Gasteiger partial charge < -0.3 is 39.8 Å². The van der Waals surface area contributed by atoms with E-state index >= 15 is 0 Å². The molecule has 4 N–H and O–H groups in total. The van der Waals surface area contributed by atoms with Crippen LogP contribution < -0.4 is 10.6 Å². The summed E-state index contributed by atoms with van der Waals surface area (Å²) in [5, 5.41) is 26.8. The number of epoxide rings is 1. The minimum Gasteiger partial charge on any atom is -0.458 e. The van der Waals surface area contributed by atoms with E-state index in [1.807, 2.05) is 24.3 Å². The number of aliphatic hydroxyl groups is 2. The third kappa shape index (κ3) is 7.87. The van der Waals surface area contributed by atoms with E-state index in [1.54, 1.807) is 5.06 Å². The number of carbonyl (C=O) groups is 3. The van der Waals surface area contributed by atoms with Crippen LogP contribution in [-0.4, -0.2) is 107 Å². The number of fused-ring (bicyclic) bond motifs is 5. The Morgan fingerprint density at radius 3 is 2.39 bits per heavy atom. The van der Waals surface area contributed by atoms with Crippen LogP contribution in [0.4, 0.5) is 0 Å². The van der Waals surface area contributed by atoms with Crippen molar-refractivity contribution in [3.05, 3.63) is 41.5 Å². The molecular formula is C41H59N3O10. The zero-order valence-electron chi connectivity index (χ0n) is 32.0. The number of aliphatic hydroxyl groups excluding tert-OH is 2. The van der Waals surface area contributed by atoms with Gasteiger partial charge in [-0.25, -0.2) is 0 Å². The van der Waals surface area contributed by atoms with Crippen LogP contribution in [0, 0.1) is 11.3 Å². The molecule has 1 aromatic rings. The number of hydrogen-bond donors (Lipinski definition) is 4. The summed E-state index contributed by atoms with van der Waals surface area (Å²) in [5.41, 5.74) is 0.432. The second-order valence-corrected chi connectivity index (χ2v) is 16.3. The Hall–Kier alpha value is -2.91. The molecule has 298 valence electrons. The number of nitrogens with zero attached hydrogens (tertiary/aromatic N) is 1. The second-order valence-electron chi connectivity index (χ2n) is 16.3. The predicted molar refractivity (Wildman–Crippen MR) is 197 cm³/mol. The maximum absolute atomic E-state index is 14.8. The lowest BCUT2D eigenvalue weighted by Crippen LogP contribution is -2.71. The first-order valence-corrected chi connectivity index (χ1v) is 20.4. The van der Waals surface area contributed by atoms with Crippen molar-refractivity contribution < 1.29 is 48.4 Å². The summed E-state index contributed by atoms with van der Waals surface area (Å²) in [6.07, 6.45) is 11.6. The van der Waals surface area contributed by atoms with Gasteiger partial charge in [-0.2, -0.15) is 5.06 Å². The molecule has 1 aromatic carbocycles. The average Bonchev–Trinajstić information content (AvgIpc) is 3.71. The summed E-state index contributed by atoms with van der Waals surface area (Å²) < 4.78 is 25.6. The van der Waals surface area contributed by atoms with Gasteiger partial charge in [0, 0.05) is 25.8 Å². The molecule has 2 bridgehead atoms. The second kappa shape index (κ2) is 16.7. The van der Waals surface area contributed by atoms with Crippen LogP contribution >= 0.6 is 0 Å². The third-order valence-corrected chi connectivity index (χ3v) is 12.4. The van der Waals surface area contributed by atoms with Crippen LogP contribution in [0.3, 0.4) is 0 Å². The highest BCUT2D eigenvalue weighted by atomic mass is 16.8. The number of ether oxygens (including phenoxy) is 4. The molecule has 6 aliphatic rings. The van der Waals surface area contributed by atoms with E-state index in [0.717, 1.165) is 68.9 Å². The van der Waals surface area contributed by atoms with Crippen LogP contribution in [0.1, 0.15) is 109 Å². The van der Waals surface area contributed by atoms with Gasteiger partial charge in [0.15, 0.2) is 11.8 Å². The van der Waals surface area contributed by atoms with E-state index in [2.05, 4.69) is 36.6 Å². The van der Waals surface area contributed by atoms with E-state index in [-0.39, 0.29) is 26.1 Å². The number of hydroxylamine groups is 2. The highest BCUT2D eigenvalue weighted by Gasteiger charge is 2.76. The summed E-state index contributed by atoms with van der Waals surface area (Å²) in [7, 11) is 0. The number of amides is 2. The van der Waals surface area contributed by atoms with Crippen LogP contribution in [0.2, 0.25) is 0 Å². The quantitative estimate of drug-likeness (QED) is 0.0981. The smallest absolute Gasteiger partial charge is 0.327 e. The molecule has 4 aliphatic heterocycles. The molecule has 2 aliphatic carbocycles. The fraction of sp³-hybridized carbons (Fsp3) is 0.732. The minimum absolute atomic E-state index is 0.0440. The van der Waals surface area contributed by atoms with Crippen molar-refractivity contribution >= 4 is 23.9 Å². The summed E-state index contributed by atoms with van der Waals surface area (Å²) in [6, 6.07) is 5.58. The zero-order chi connectivity index (χ0) is 38.0. The summed E-state index contributed by atoms with van der Waals surface area (Å²) in [5.74, 6) is -2.25. The fourth-order valence-electron chi connectivity index (χ4n) is 9.44. The van der Waals surface area contributed by atoms with Gasteiger partial charge in [0.25, 0.3) is 0 Å². The van der Waals surface area contributed by atoms with Crippen LogP contribution in [0.15, 0.2) is 30.3 Å². The lowest BCUT2D eigenvalue weighted by molar-refractivity contribution is -0.224. The molecule has 7 rings (SSSR count). The topological polar surface area (TPSA) is 168 Å². The first-order valence-electron chi connectivity index (χ1n) is 20.4. The summed E-state index contributed by atoms with van der Waals surface area (Å²) >= 11 is 0. The van der Waals surface area contributed by atoms with Crippen molar-refractivity contribution in [2.24, 2.45) is 11.3 Å². The molecule has 54 heavy (non-hydrogen) atoms. The molecule has 13 heteroatoms. The number of rotatable bonds is 18. The highest BCUT2D eigenvalue weighted by Crippen LogP contribution is 2.58. The van der Waals surface area contributed by atoms with E-state index in [4.69, 9.17) is 23.8 Å². The van der Waals surface area contributed by atoms with E-state index in [1.165, 1.54) is 6.92 Å². The summed E-state index contributed by atoms with van der Waals surface area (Å²) in [6.45, 7) is 5.55. The Kier molecular flexibility index (Phi) is 12.1. The molecule has 13 nitrogen and oxygen atoms in total. The Morgan fingerprint density at radius 2 is 1.72 bits per heavy atom. The number of hydrogen-bond acceptors (Lipinski definition) is 11. The Bertz CT molecular complexity index is 1510. The van der Waals surface area contributed by atoms with E-state index < -0.39 is 71.6 Å². The number of nitrogens with one attached hydrogen (secondary N) is 2. The van der Waals surface area contributed by atoms with Gasteiger partial charge in [0.2, 0.25) is 11.8 Å². The van der Waals surface area contributed by atoms with E-state index in [9.17, 15) is 24.6 Å². The van der Waals surface area contributed by atoms with Gasteiger partial charge in [-0.3, -0.25) is 19.2 Å². The first-order chi connectivity index (χ1) is 26.1. The monoisotopic (exact) mass is 753 g/mol. The molecule has 0 spiro atoms. The molecule has 2 amide bonds. The van der Waals surface area contributed by atoms with Crippen molar-refractivity contribution in [1.82, 2.24) is 15.7 Å².